The standard InChI is InChI=1S/C26H39NO6/c1-26-17-11-15-21(33-26)14-6-4-2-3-5-12-20(28)13-8-10-19-32-25(31)22-16-7-9-18-27(22)24(30)23(26)29/h3,5,21-22H,2,4,6-19H2,1H3. The third-order valence-electron chi connectivity index (χ3n) is 7.07. The molecular formula is C26H39NO6. The normalized spacial score (nSPS) is 32.0. The molecule has 3 atom stereocenters. The summed E-state index contributed by atoms with van der Waals surface area (Å²) in [6, 6.07) is -0.723. The minimum atomic E-state index is -1.13. The van der Waals surface area contributed by atoms with Crippen LogP contribution in [0.4, 0.5) is 0 Å². The highest BCUT2D eigenvalue weighted by atomic mass is 16.5. The molecule has 3 aliphatic rings. The molecule has 33 heavy (non-hydrogen) atoms. The number of rotatable bonds is 0. The molecule has 3 unspecified atom stereocenters. The number of esters is 1. The zero-order chi connectivity index (χ0) is 23.7. The van der Waals surface area contributed by atoms with Crippen molar-refractivity contribution in [3.8, 4) is 0 Å². The Morgan fingerprint density at radius 2 is 1.70 bits per heavy atom. The van der Waals surface area contributed by atoms with Gasteiger partial charge in [0.2, 0.25) is 0 Å². The molecule has 3 rings (SSSR count). The number of fused-ring (bicyclic) bond motifs is 3. The number of hydrogen-bond acceptors (Lipinski definition) is 6. The van der Waals surface area contributed by atoms with Crippen molar-refractivity contribution < 1.29 is 28.7 Å². The van der Waals surface area contributed by atoms with Crippen LogP contribution in [0.1, 0.15) is 96.8 Å². The molecule has 2 bridgehead atoms. The zero-order valence-electron chi connectivity index (χ0n) is 20.0. The smallest absolute Gasteiger partial charge is 0.328 e. The Morgan fingerprint density at radius 1 is 0.909 bits per heavy atom. The van der Waals surface area contributed by atoms with Crippen molar-refractivity contribution >= 4 is 23.4 Å². The Kier molecular flexibility index (Phi) is 9.65. The van der Waals surface area contributed by atoms with Gasteiger partial charge < -0.3 is 14.4 Å². The van der Waals surface area contributed by atoms with E-state index in [4.69, 9.17) is 9.47 Å². The first kappa shape index (κ1) is 25.6. The molecule has 0 aromatic carbocycles. The van der Waals surface area contributed by atoms with Crippen molar-refractivity contribution in [2.75, 3.05) is 13.2 Å². The van der Waals surface area contributed by atoms with Crippen LogP contribution in [0.5, 0.6) is 0 Å². The van der Waals surface area contributed by atoms with E-state index >= 15 is 0 Å². The molecular weight excluding hydrogens is 422 g/mol. The Bertz CT molecular complexity index is 747. The molecule has 0 aliphatic carbocycles. The van der Waals surface area contributed by atoms with Gasteiger partial charge in [-0.2, -0.15) is 0 Å². The van der Waals surface area contributed by atoms with Crippen LogP contribution < -0.4 is 0 Å². The molecule has 0 radical (unpaired) electrons. The molecule has 0 N–H and O–H groups in total. The molecule has 2 fully saturated rings. The summed E-state index contributed by atoms with van der Waals surface area (Å²) in [7, 11) is 0. The quantitative estimate of drug-likeness (QED) is 0.307. The maximum atomic E-state index is 13.3. The van der Waals surface area contributed by atoms with Gasteiger partial charge in [0.05, 0.1) is 12.7 Å². The lowest BCUT2D eigenvalue weighted by Gasteiger charge is -2.40. The SMILES string of the molecule is CC12CCCC(CCCCC=CCC(=O)CCCCOC(=O)C3CCCCN3C(=O)C1=O)O2. The second kappa shape index (κ2) is 12.4. The van der Waals surface area contributed by atoms with Gasteiger partial charge in [-0.1, -0.05) is 18.6 Å². The molecule has 7 heteroatoms. The Labute approximate surface area is 197 Å². The summed E-state index contributed by atoms with van der Waals surface area (Å²) in [6.45, 7) is 2.33. The van der Waals surface area contributed by atoms with Crippen LogP contribution in [-0.4, -0.2) is 59.2 Å². The summed E-state index contributed by atoms with van der Waals surface area (Å²) in [5.41, 5.74) is -1.13. The molecule has 3 aliphatic heterocycles. The van der Waals surface area contributed by atoms with E-state index in [0.29, 0.717) is 45.1 Å². The molecule has 0 saturated carbocycles. The highest BCUT2D eigenvalue weighted by molar-refractivity contribution is 6.39. The number of nitrogens with zero attached hydrogens (tertiary/aromatic N) is 1. The lowest BCUT2D eigenvalue weighted by Crippen LogP contribution is -2.57. The molecule has 0 aromatic heterocycles. The first-order valence-corrected chi connectivity index (χ1v) is 12.8. The number of ether oxygens (including phenoxy) is 2. The molecule has 2 saturated heterocycles. The fraction of sp³-hybridized carbons (Fsp3) is 0.769. The van der Waals surface area contributed by atoms with E-state index < -0.39 is 29.3 Å². The van der Waals surface area contributed by atoms with Crippen molar-refractivity contribution in [2.24, 2.45) is 0 Å². The van der Waals surface area contributed by atoms with Gasteiger partial charge in [0, 0.05) is 19.4 Å². The van der Waals surface area contributed by atoms with Gasteiger partial charge in [0.25, 0.3) is 11.7 Å². The highest BCUT2D eigenvalue weighted by Gasteiger charge is 2.46. The monoisotopic (exact) mass is 461 g/mol. The summed E-state index contributed by atoms with van der Waals surface area (Å²) in [6.07, 6.45) is 14.2. The van der Waals surface area contributed by atoms with Gasteiger partial charge in [-0.15, -0.1) is 0 Å². The number of Topliss-reactive ketones (excluding diaryl/α,β-unsaturated/α-hetero) is 2. The predicted molar refractivity (Wildman–Crippen MR) is 124 cm³/mol. The van der Waals surface area contributed by atoms with Gasteiger partial charge in [-0.3, -0.25) is 14.4 Å². The van der Waals surface area contributed by atoms with Crippen LogP contribution in [0.25, 0.3) is 0 Å². The summed E-state index contributed by atoms with van der Waals surface area (Å²) < 4.78 is 11.6. The maximum absolute atomic E-state index is 13.3. The Morgan fingerprint density at radius 3 is 2.55 bits per heavy atom. The van der Waals surface area contributed by atoms with Crippen molar-refractivity contribution in [3.63, 3.8) is 0 Å². The first-order chi connectivity index (χ1) is 15.9. The summed E-state index contributed by atoms with van der Waals surface area (Å²) in [5.74, 6) is -1.43. The van der Waals surface area contributed by atoms with Crippen molar-refractivity contribution in [1.29, 1.82) is 0 Å². The Hall–Kier alpha value is -2.02. The minimum absolute atomic E-state index is 0.0396. The zero-order valence-corrected chi connectivity index (χ0v) is 20.0. The topological polar surface area (TPSA) is 90.0 Å². The van der Waals surface area contributed by atoms with Crippen LogP contribution in [0.3, 0.4) is 0 Å². The summed E-state index contributed by atoms with van der Waals surface area (Å²) in [4.78, 5) is 52.7. The van der Waals surface area contributed by atoms with Gasteiger partial charge in [-0.25, -0.2) is 4.79 Å². The lowest BCUT2D eigenvalue weighted by molar-refractivity contribution is -0.174. The van der Waals surface area contributed by atoms with Crippen molar-refractivity contribution in [1.82, 2.24) is 4.90 Å². The fourth-order valence-electron chi connectivity index (χ4n) is 5.06. The lowest BCUT2D eigenvalue weighted by atomic mass is 9.87. The van der Waals surface area contributed by atoms with Crippen LogP contribution in [0.15, 0.2) is 12.2 Å². The van der Waals surface area contributed by atoms with Crippen LogP contribution in [-0.2, 0) is 28.7 Å². The maximum Gasteiger partial charge on any atom is 0.328 e. The Balaban J connectivity index is 1.71. The molecule has 1 amide bonds. The number of amides is 1. The number of piperidine rings is 1. The molecule has 7 nitrogen and oxygen atoms in total. The minimum Gasteiger partial charge on any atom is -0.464 e. The second-order valence-corrected chi connectivity index (χ2v) is 9.83. The van der Waals surface area contributed by atoms with E-state index in [0.717, 1.165) is 51.4 Å². The first-order valence-electron chi connectivity index (χ1n) is 12.8. The van der Waals surface area contributed by atoms with Gasteiger partial charge in [0.1, 0.15) is 17.4 Å². The third kappa shape index (κ3) is 7.23. The molecule has 0 spiro atoms. The molecule has 184 valence electrons. The van der Waals surface area contributed by atoms with Crippen LogP contribution in [0.2, 0.25) is 0 Å². The number of cyclic esters (lactones) is 1. The van der Waals surface area contributed by atoms with E-state index in [9.17, 15) is 19.2 Å². The number of carbonyl (C=O) groups excluding carboxylic acids is 4. The van der Waals surface area contributed by atoms with E-state index in [-0.39, 0.29) is 18.5 Å². The van der Waals surface area contributed by atoms with E-state index in [1.807, 2.05) is 6.08 Å². The van der Waals surface area contributed by atoms with Crippen molar-refractivity contribution in [3.05, 3.63) is 12.2 Å². The number of ketones is 2. The highest BCUT2D eigenvalue weighted by Crippen LogP contribution is 2.33. The number of hydrogen-bond donors (Lipinski definition) is 0. The van der Waals surface area contributed by atoms with Crippen molar-refractivity contribution in [2.45, 2.75) is 115 Å². The van der Waals surface area contributed by atoms with Crippen LogP contribution in [0, 0.1) is 0 Å². The van der Waals surface area contributed by atoms with E-state index in [2.05, 4.69) is 6.08 Å². The second-order valence-electron chi connectivity index (χ2n) is 9.83. The van der Waals surface area contributed by atoms with Gasteiger partial charge in [-0.05, 0) is 77.6 Å². The van der Waals surface area contributed by atoms with Gasteiger partial charge >= 0.3 is 5.97 Å². The fourth-order valence-corrected chi connectivity index (χ4v) is 5.06. The summed E-state index contributed by atoms with van der Waals surface area (Å²) >= 11 is 0. The third-order valence-corrected chi connectivity index (χ3v) is 7.07. The average Bonchev–Trinajstić information content (AvgIpc) is 2.81. The number of allylic oxidation sites excluding steroid dienone is 2. The average molecular weight is 462 g/mol. The molecule has 3 heterocycles. The van der Waals surface area contributed by atoms with Crippen LogP contribution >= 0.6 is 0 Å². The van der Waals surface area contributed by atoms with Gasteiger partial charge in [0.15, 0.2) is 0 Å². The largest absolute Gasteiger partial charge is 0.464 e. The number of carbonyl (C=O) groups is 4. The summed E-state index contributed by atoms with van der Waals surface area (Å²) in [5, 5.41) is 0. The van der Waals surface area contributed by atoms with E-state index in [1.54, 1.807) is 6.92 Å². The van der Waals surface area contributed by atoms with E-state index in [1.165, 1.54) is 4.90 Å². The predicted octanol–water partition coefficient (Wildman–Crippen LogP) is 4.07. The molecule has 0 aromatic rings.